The van der Waals surface area contributed by atoms with E-state index >= 15 is 0 Å². The summed E-state index contributed by atoms with van der Waals surface area (Å²) in [5.74, 6) is 0. The largest absolute Gasteiger partial charge is 0.375 e. The van der Waals surface area contributed by atoms with Crippen molar-refractivity contribution in [2.45, 2.75) is 6.42 Å². The Morgan fingerprint density at radius 2 is 2.38 bits per heavy atom. The molecule has 0 radical (unpaired) electrons. The summed E-state index contributed by atoms with van der Waals surface area (Å²) in [6.07, 6.45) is 6.41. The summed E-state index contributed by atoms with van der Waals surface area (Å²) in [7, 11) is 0. The Bertz CT molecular complexity index is 532. The molecule has 0 aliphatic carbocycles. The zero-order valence-corrected chi connectivity index (χ0v) is 9.37. The Morgan fingerprint density at radius 3 is 3.12 bits per heavy atom. The van der Waals surface area contributed by atoms with Gasteiger partial charge in [0.05, 0.1) is 23.1 Å². The molecule has 5 heteroatoms. The van der Waals surface area contributed by atoms with Gasteiger partial charge in [0.2, 0.25) is 0 Å². The number of hydrogen-bond acceptors (Lipinski definition) is 3. The van der Waals surface area contributed by atoms with E-state index in [4.69, 9.17) is 12.2 Å². The van der Waals surface area contributed by atoms with Gasteiger partial charge < -0.3 is 5.32 Å². The molecule has 0 saturated carbocycles. The fourth-order valence-electron chi connectivity index (χ4n) is 1.80. The Morgan fingerprint density at radius 1 is 1.44 bits per heavy atom. The summed E-state index contributed by atoms with van der Waals surface area (Å²) in [4.78, 5) is 4.87. The van der Waals surface area contributed by atoms with E-state index in [9.17, 15) is 0 Å². The van der Waals surface area contributed by atoms with Crippen LogP contribution in [0.5, 0.6) is 0 Å². The molecule has 1 aliphatic rings. The van der Waals surface area contributed by atoms with Gasteiger partial charge in [-0.3, -0.25) is 4.98 Å². The van der Waals surface area contributed by atoms with E-state index in [-0.39, 0.29) is 0 Å². The molecule has 0 spiro atoms. The highest BCUT2D eigenvalue weighted by Crippen LogP contribution is 2.15. The summed E-state index contributed by atoms with van der Waals surface area (Å²) < 4.78 is 1.83. The maximum Gasteiger partial charge on any atom is 0.110 e. The van der Waals surface area contributed by atoms with Crippen LogP contribution >= 0.6 is 12.2 Å². The van der Waals surface area contributed by atoms with Gasteiger partial charge in [-0.25, -0.2) is 4.68 Å². The number of nitrogens with one attached hydrogen (secondary N) is 1. The predicted octanol–water partition coefficient (Wildman–Crippen LogP) is 1.09. The topological polar surface area (TPSA) is 42.7 Å². The maximum absolute atomic E-state index is 5.24. The SMILES string of the molecule is S=C1NCCc2nn(-c3cccnc3)cc21. The second-order valence-corrected chi connectivity index (χ2v) is 4.06. The van der Waals surface area contributed by atoms with E-state index in [1.165, 1.54) is 0 Å². The first-order chi connectivity index (χ1) is 7.84. The molecule has 80 valence electrons. The molecule has 0 saturated heterocycles. The van der Waals surface area contributed by atoms with Crippen molar-refractivity contribution in [3.63, 3.8) is 0 Å². The van der Waals surface area contributed by atoms with Gasteiger partial charge in [0.15, 0.2) is 0 Å². The fraction of sp³-hybridized carbons (Fsp3) is 0.182. The molecule has 4 nitrogen and oxygen atoms in total. The average Bonchev–Trinajstić information content (AvgIpc) is 2.76. The van der Waals surface area contributed by atoms with Gasteiger partial charge in [0.25, 0.3) is 0 Å². The van der Waals surface area contributed by atoms with Crippen LogP contribution in [-0.2, 0) is 6.42 Å². The number of pyridine rings is 1. The normalized spacial score (nSPS) is 14.4. The van der Waals surface area contributed by atoms with Crippen molar-refractivity contribution in [2.75, 3.05) is 6.54 Å². The third-order valence-electron chi connectivity index (χ3n) is 2.59. The summed E-state index contributed by atoms with van der Waals surface area (Å²) in [5, 5.41) is 7.69. The monoisotopic (exact) mass is 230 g/mol. The van der Waals surface area contributed by atoms with Gasteiger partial charge in [-0.15, -0.1) is 0 Å². The highest BCUT2D eigenvalue weighted by molar-refractivity contribution is 7.80. The molecule has 16 heavy (non-hydrogen) atoms. The van der Waals surface area contributed by atoms with Crippen molar-refractivity contribution in [3.8, 4) is 5.69 Å². The molecule has 0 aromatic carbocycles. The molecule has 1 N–H and O–H groups in total. The van der Waals surface area contributed by atoms with Crippen molar-refractivity contribution < 1.29 is 0 Å². The van der Waals surface area contributed by atoms with Gasteiger partial charge in [-0.2, -0.15) is 5.10 Å². The van der Waals surface area contributed by atoms with Crippen LogP contribution in [0, 0.1) is 0 Å². The Labute approximate surface area is 98.3 Å². The molecule has 3 rings (SSSR count). The predicted molar refractivity (Wildman–Crippen MR) is 64.8 cm³/mol. The number of nitrogens with zero attached hydrogens (tertiary/aromatic N) is 3. The molecule has 3 heterocycles. The van der Waals surface area contributed by atoms with Crippen LogP contribution in [-0.4, -0.2) is 26.3 Å². The Hall–Kier alpha value is -1.75. The lowest BCUT2D eigenvalue weighted by Crippen LogP contribution is -2.30. The standard InChI is InChI=1S/C11H10N4S/c16-11-9-7-15(8-2-1-4-12-6-8)14-10(9)3-5-13-11/h1-2,4,6-7H,3,5H2,(H,13,16). The number of fused-ring (bicyclic) bond motifs is 1. The smallest absolute Gasteiger partial charge is 0.110 e. The van der Waals surface area contributed by atoms with Gasteiger partial charge >= 0.3 is 0 Å². The Balaban J connectivity index is 2.08. The third kappa shape index (κ3) is 1.49. The van der Waals surface area contributed by atoms with Gasteiger partial charge in [0.1, 0.15) is 4.99 Å². The van der Waals surface area contributed by atoms with E-state index in [1.807, 2.05) is 23.0 Å². The zero-order valence-electron chi connectivity index (χ0n) is 8.55. The van der Waals surface area contributed by atoms with E-state index in [0.29, 0.717) is 0 Å². The molecule has 2 aromatic rings. The fourth-order valence-corrected chi connectivity index (χ4v) is 2.07. The summed E-state index contributed by atoms with van der Waals surface area (Å²) in [6, 6.07) is 3.87. The molecule has 0 fully saturated rings. The molecular weight excluding hydrogens is 220 g/mol. The number of thiocarbonyl (C=S) groups is 1. The number of rotatable bonds is 1. The average molecular weight is 230 g/mol. The minimum atomic E-state index is 0.788. The minimum Gasteiger partial charge on any atom is -0.375 e. The van der Waals surface area contributed by atoms with Crippen LogP contribution in [0.4, 0.5) is 0 Å². The molecule has 2 aromatic heterocycles. The van der Waals surface area contributed by atoms with E-state index in [0.717, 1.165) is 34.9 Å². The number of aromatic nitrogens is 3. The second kappa shape index (κ2) is 3.68. The van der Waals surface area contributed by atoms with Crippen molar-refractivity contribution in [1.82, 2.24) is 20.1 Å². The first kappa shape index (κ1) is 9.47. The van der Waals surface area contributed by atoms with Crippen LogP contribution in [0.1, 0.15) is 11.3 Å². The maximum atomic E-state index is 5.24. The number of hydrogen-bond donors (Lipinski definition) is 1. The second-order valence-electron chi connectivity index (χ2n) is 3.65. The van der Waals surface area contributed by atoms with Crippen molar-refractivity contribution >= 4 is 17.2 Å². The highest BCUT2D eigenvalue weighted by Gasteiger charge is 2.17. The molecule has 0 unspecified atom stereocenters. The highest BCUT2D eigenvalue weighted by atomic mass is 32.1. The lowest BCUT2D eigenvalue weighted by Gasteiger charge is -2.12. The Kier molecular flexibility index (Phi) is 2.18. The molecule has 0 amide bonds. The lowest BCUT2D eigenvalue weighted by atomic mass is 10.1. The lowest BCUT2D eigenvalue weighted by molar-refractivity contribution is 0.785. The molecular formula is C11H10N4S. The van der Waals surface area contributed by atoms with Crippen molar-refractivity contribution in [3.05, 3.63) is 42.0 Å². The van der Waals surface area contributed by atoms with Crippen molar-refractivity contribution in [1.29, 1.82) is 0 Å². The van der Waals surface area contributed by atoms with Gasteiger partial charge in [0, 0.05) is 25.4 Å². The molecule has 0 bridgehead atoms. The summed E-state index contributed by atoms with van der Waals surface area (Å²) in [6.45, 7) is 0.871. The third-order valence-corrected chi connectivity index (χ3v) is 2.96. The molecule has 1 aliphatic heterocycles. The molecule has 0 atom stereocenters. The van der Waals surface area contributed by atoms with Crippen LogP contribution in [0.25, 0.3) is 5.69 Å². The minimum absolute atomic E-state index is 0.788. The van der Waals surface area contributed by atoms with Crippen molar-refractivity contribution in [2.24, 2.45) is 0 Å². The van der Waals surface area contributed by atoms with E-state index in [2.05, 4.69) is 15.4 Å². The first-order valence-electron chi connectivity index (χ1n) is 5.12. The van der Waals surface area contributed by atoms with E-state index in [1.54, 1.807) is 12.4 Å². The quantitative estimate of drug-likeness (QED) is 0.745. The van der Waals surface area contributed by atoms with Crippen LogP contribution in [0.15, 0.2) is 30.7 Å². The van der Waals surface area contributed by atoms with Gasteiger partial charge in [-0.05, 0) is 12.1 Å². The first-order valence-corrected chi connectivity index (χ1v) is 5.52. The van der Waals surface area contributed by atoms with Crippen LogP contribution < -0.4 is 5.32 Å². The summed E-state index contributed by atoms with van der Waals surface area (Å²) in [5.41, 5.74) is 3.05. The van der Waals surface area contributed by atoms with E-state index < -0.39 is 0 Å². The zero-order chi connectivity index (χ0) is 11.0. The van der Waals surface area contributed by atoms with Gasteiger partial charge in [-0.1, -0.05) is 12.2 Å². The summed E-state index contributed by atoms with van der Waals surface area (Å²) >= 11 is 5.24. The van der Waals surface area contributed by atoms with Crippen LogP contribution in [0.3, 0.4) is 0 Å². The van der Waals surface area contributed by atoms with Crippen LogP contribution in [0.2, 0.25) is 0 Å².